The van der Waals surface area contributed by atoms with Crippen molar-refractivity contribution in [2.45, 2.75) is 157 Å². The summed E-state index contributed by atoms with van der Waals surface area (Å²) in [5.74, 6) is 0. The molecule has 350 valence electrons. The molecule has 0 spiro atoms. The van der Waals surface area contributed by atoms with Crippen LogP contribution in [0.5, 0.6) is 0 Å². The van der Waals surface area contributed by atoms with Crippen LogP contribution in [0.4, 0.5) is 0 Å². The molecular formula is C66H74S2. The van der Waals surface area contributed by atoms with E-state index >= 15 is 0 Å². The monoisotopic (exact) mass is 931 g/mol. The van der Waals surface area contributed by atoms with Crippen LogP contribution < -0.4 is 0 Å². The standard InChI is InChI=1S/C66H74S2/c1-61(2,3)41-23-27-45-47-29-25-43(63(7,8)9)37-51(47)59(53-31-33-55(67-53)65(13,14)15)57(49(45)35-41)39-19-21-40(22-20-39)58-50-36-42(62(4,5)6)24-28-46(50)48-30-26-44(64(10,11)12)38-52(48)60(58)54-32-34-56(68-54)66(16,17)18/h19-38H,1-18H3. The quantitative estimate of drug-likeness (QED) is 0.154. The third-order valence-electron chi connectivity index (χ3n) is 14.3. The van der Waals surface area contributed by atoms with Crippen molar-refractivity contribution in [2.24, 2.45) is 0 Å². The van der Waals surface area contributed by atoms with Gasteiger partial charge in [0.25, 0.3) is 0 Å². The predicted molar refractivity (Wildman–Crippen MR) is 306 cm³/mol. The van der Waals surface area contributed by atoms with E-state index in [0.717, 1.165) is 0 Å². The average molecular weight is 931 g/mol. The summed E-state index contributed by atoms with van der Waals surface area (Å²) in [7, 11) is 0. The lowest BCUT2D eigenvalue weighted by atomic mass is 9.79. The van der Waals surface area contributed by atoms with Crippen LogP contribution in [0.1, 0.15) is 157 Å². The fourth-order valence-corrected chi connectivity index (χ4v) is 12.3. The summed E-state index contributed by atoms with van der Waals surface area (Å²) in [6.07, 6.45) is 0. The van der Waals surface area contributed by atoms with Gasteiger partial charge in [0.05, 0.1) is 0 Å². The van der Waals surface area contributed by atoms with E-state index in [2.05, 4.69) is 246 Å². The first-order valence-corrected chi connectivity index (χ1v) is 26.5. The van der Waals surface area contributed by atoms with Crippen LogP contribution >= 0.6 is 22.7 Å². The van der Waals surface area contributed by atoms with Gasteiger partial charge in [-0.3, -0.25) is 0 Å². The molecule has 0 radical (unpaired) electrons. The van der Waals surface area contributed by atoms with Gasteiger partial charge in [-0.2, -0.15) is 0 Å². The Labute approximate surface area is 416 Å². The smallest absolute Gasteiger partial charge is 0.0358 e. The summed E-state index contributed by atoms with van der Waals surface area (Å²) in [6, 6.07) is 48.5. The summed E-state index contributed by atoms with van der Waals surface area (Å²) in [4.78, 5) is 5.46. The van der Waals surface area contributed by atoms with Crippen LogP contribution in [0, 0.1) is 0 Å². The maximum absolute atomic E-state index is 2.51. The molecule has 0 saturated heterocycles. The second-order valence-corrected chi connectivity index (χ2v) is 28.1. The molecule has 0 bridgehead atoms. The molecule has 68 heavy (non-hydrogen) atoms. The minimum Gasteiger partial charge on any atom is -0.140 e. The molecule has 2 aromatic heterocycles. The van der Waals surface area contributed by atoms with Crippen molar-refractivity contribution >= 4 is 65.8 Å². The minimum absolute atomic E-state index is 0.00138. The molecule has 0 nitrogen and oxygen atoms in total. The van der Waals surface area contributed by atoms with Gasteiger partial charge in [0, 0.05) is 30.6 Å². The topological polar surface area (TPSA) is 0 Å². The van der Waals surface area contributed by atoms with Gasteiger partial charge >= 0.3 is 0 Å². The van der Waals surface area contributed by atoms with E-state index in [-0.39, 0.29) is 32.5 Å². The first-order valence-electron chi connectivity index (χ1n) is 24.9. The lowest BCUT2D eigenvalue weighted by molar-refractivity contribution is 0.590. The number of benzene rings is 7. The van der Waals surface area contributed by atoms with E-state index in [1.807, 2.05) is 22.7 Å². The molecule has 2 heterocycles. The Kier molecular flexibility index (Phi) is 11.5. The number of hydrogen-bond donors (Lipinski definition) is 0. The predicted octanol–water partition coefficient (Wildman–Crippen LogP) is 20.9. The lowest BCUT2D eigenvalue weighted by Crippen LogP contribution is -2.11. The highest BCUT2D eigenvalue weighted by Gasteiger charge is 2.28. The lowest BCUT2D eigenvalue weighted by Gasteiger charge is -2.25. The number of rotatable bonds is 4. The van der Waals surface area contributed by atoms with Gasteiger partial charge in [0.15, 0.2) is 0 Å². The third-order valence-corrected chi connectivity index (χ3v) is 17.4. The van der Waals surface area contributed by atoms with E-state index in [4.69, 9.17) is 0 Å². The van der Waals surface area contributed by atoms with Crippen LogP contribution in [-0.4, -0.2) is 0 Å². The Hall–Kier alpha value is -5.02. The molecule has 7 aromatic carbocycles. The summed E-state index contributed by atoms with van der Waals surface area (Å²) in [6.45, 7) is 42.1. The second-order valence-electron chi connectivity index (χ2n) is 25.9. The molecular weight excluding hydrogens is 857 g/mol. The normalized spacial score (nSPS) is 13.4. The van der Waals surface area contributed by atoms with Crippen LogP contribution in [0.15, 0.2) is 121 Å². The first-order chi connectivity index (χ1) is 31.5. The van der Waals surface area contributed by atoms with Crippen LogP contribution in [0.2, 0.25) is 0 Å². The summed E-state index contributed by atoms with van der Waals surface area (Å²) < 4.78 is 0. The number of hydrogen-bond acceptors (Lipinski definition) is 2. The van der Waals surface area contributed by atoms with Crippen molar-refractivity contribution in [3.05, 3.63) is 153 Å². The van der Waals surface area contributed by atoms with E-state index in [0.29, 0.717) is 0 Å². The first kappa shape index (κ1) is 48.0. The third kappa shape index (κ3) is 8.68. The van der Waals surface area contributed by atoms with Crippen LogP contribution in [-0.2, 0) is 32.5 Å². The average Bonchev–Trinajstić information content (AvgIpc) is 3.96. The van der Waals surface area contributed by atoms with Crippen LogP contribution in [0.25, 0.3) is 86.2 Å². The highest BCUT2D eigenvalue weighted by atomic mass is 32.1. The van der Waals surface area contributed by atoms with Gasteiger partial charge in [0.1, 0.15) is 0 Å². The Balaban J connectivity index is 1.41. The van der Waals surface area contributed by atoms with Gasteiger partial charge in [-0.05, 0) is 169 Å². The van der Waals surface area contributed by atoms with Crippen molar-refractivity contribution in [3.63, 3.8) is 0 Å². The number of thiophene rings is 2. The van der Waals surface area contributed by atoms with E-state index in [1.165, 1.54) is 118 Å². The summed E-state index contributed by atoms with van der Waals surface area (Å²) in [5, 5.41) is 10.5. The zero-order valence-corrected chi connectivity index (χ0v) is 46.0. The zero-order valence-electron chi connectivity index (χ0n) is 44.4. The SMILES string of the molecule is CC(C)(C)c1ccc2c(c1)c(-c1ccc(-c3c(-c4ccc(C(C)(C)C)s4)c4cc(C(C)(C)C)ccc4c4ccc(C(C)(C)C)cc34)cc1)c(-c1ccc(C(C)(C)C)s1)c1cc(C(C)(C)C)ccc12. The van der Waals surface area contributed by atoms with Gasteiger partial charge in [-0.1, -0.05) is 197 Å². The molecule has 0 aliphatic carbocycles. The minimum atomic E-state index is -0.0101. The Morgan fingerprint density at radius 1 is 0.235 bits per heavy atom. The van der Waals surface area contributed by atoms with Crippen molar-refractivity contribution in [1.29, 1.82) is 0 Å². The van der Waals surface area contributed by atoms with Crippen molar-refractivity contribution in [2.75, 3.05) is 0 Å². The van der Waals surface area contributed by atoms with Crippen molar-refractivity contribution < 1.29 is 0 Å². The van der Waals surface area contributed by atoms with E-state index < -0.39 is 0 Å². The molecule has 9 rings (SSSR count). The molecule has 2 heteroatoms. The number of fused-ring (bicyclic) bond motifs is 6. The Bertz CT molecular complexity index is 3180. The van der Waals surface area contributed by atoms with Crippen LogP contribution in [0.3, 0.4) is 0 Å². The van der Waals surface area contributed by atoms with Gasteiger partial charge < -0.3 is 0 Å². The molecule has 0 fully saturated rings. The summed E-state index contributed by atoms with van der Waals surface area (Å²) in [5.41, 5.74) is 13.3. The Morgan fingerprint density at radius 2 is 0.485 bits per heavy atom. The van der Waals surface area contributed by atoms with E-state index in [1.54, 1.807) is 0 Å². The molecule has 0 aliphatic rings. The highest BCUT2D eigenvalue weighted by Crippen LogP contribution is 2.52. The molecule has 0 amide bonds. The van der Waals surface area contributed by atoms with Crippen molar-refractivity contribution in [3.8, 4) is 43.1 Å². The molecule has 0 aliphatic heterocycles. The Morgan fingerprint density at radius 3 is 0.706 bits per heavy atom. The van der Waals surface area contributed by atoms with Gasteiger partial charge in [-0.25, -0.2) is 0 Å². The van der Waals surface area contributed by atoms with E-state index in [9.17, 15) is 0 Å². The molecule has 0 saturated carbocycles. The van der Waals surface area contributed by atoms with Crippen molar-refractivity contribution in [1.82, 2.24) is 0 Å². The molecule has 0 atom stereocenters. The molecule has 0 N–H and O–H groups in total. The second kappa shape index (κ2) is 16.3. The van der Waals surface area contributed by atoms with Gasteiger partial charge in [0.2, 0.25) is 0 Å². The fourth-order valence-electron chi connectivity index (χ4n) is 10.0. The molecule has 0 unspecified atom stereocenters. The largest absolute Gasteiger partial charge is 0.140 e. The fraction of sp³-hybridized carbons (Fsp3) is 0.364. The maximum atomic E-state index is 2.51. The molecule has 9 aromatic rings. The summed E-state index contributed by atoms with van der Waals surface area (Å²) >= 11 is 3.92. The maximum Gasteiger partial charge on any atom is 0.0358 e. The zero-order chi connectivity index (χ0) is 49.3. The van der Waals surface area contributed by atoms with Gasteiger partial charge in [-0.15, -0.1) is 22.7 Å². The highest BCUT2D eigenvalue weighted by molar-refractivity contribution is 7.16.